The molecule has 1 N–H and O–H groups in total. The number of aromatic nitrogens is 2. The van der Waals surface area contributed by atoms with E-state index >= 15 is 0 Å². The van der Waals surface area contributed by atoms with Crippen LogP contribution in [0.1, 0.15) is 44.2 Å². The number of carbonyl (C=O) groups is 1. The van der Waals surface area contributed by atoms with Crippen molar-refractivity contribution in [3.05, 3.63) is 18.0 Å². The highest BCUT2D eigenvalue weighted by Gasteiger charge is 2.54. The summed E-state index contributed by atoms with van der Waals surface area (Å²) in [7, 11) is 1.91. The van der Waals surface area contributed by atoms with Gasteiger partial charge in [-0.1, -0.05) is 0 Å². The van der Waals surface area contributed by atoms with E-state index in [-0.39, 0.29) is 5.41 Å². The summed E-state index contributed by atoms with van der Waals surface area (Å²) >= 11 is 0. The predicted molar refractivity (Wildman–Crippen MR) is 75.7 cm³/mol. The maximum Gasteiger partial charge on any atom is 0.226 e. The first-order valence-corrected chi connectivity index (χ1v) is 7.90. The largest absolute Gasteiger partial charge is 0.350 e. The molecule has 4 heteroatoms. The van der Waals surface area contributed by atoms with Crippen LogP contribution in [0.25, 0.3) is 0 Å². The Morgan fingerprint density at radius 2 is 1.90 bits per heavy atom. The van der Waals surface area contributed by atoms with Crippen LogP contribution in [0, 0.1) is 23.2 Å². The van der Waals surface area contributed by atoms with Gasteiger partial charge < -0.3 is 5.32 Å². The number of rotatable bonds is 3. The molecule has 1 amide bonds. The lowest BCUT2D eigenvalue weighted by molar-refractivity contribution is -0.146. The van der Waals surface area contributed by atoms with Crippen molar-refractivity contribution in [1.29, 1.82) is 0 Å². The Bertz CT molecular complexity index is 498. The van der Waals surface area contributed by atoms with Gasteiger partial charge >= 0.3 is 0 Å². The number of hydrogen-bond donors (Lipinski definition) is 1. The highest BCUT2D eigenvalue weighted by molar-refractivity contribution is 5.83. The summed E-state index contributed by atoms with van der Waals surface area (Å²) in [4.78, 5) is 12.7. The molecule has 1 aromatic rings. The summed E-state index contributed by atoms with van der Waals surface area (Å²) in [5, 5.41) is 7.49. The van der Waals surface area contributed by atoms with Crippen LogP contribution in [0.15, 0.2) is 12.3 Å². The van der Waals surface area contributed by atoms with Gasteiger partial charge in [0.2, 0.25) is 5.91 Å². The van der Waals surface area contributed by atoms with Gasteiger partial charge in [-0.3, -0.25) is 9.48 Å². The fourth-order valence-electron chi connectivity index (χ4n) is 5.30. The summed E-state index contributed by atoms with van der Waals surface area (Å²) in [5.41, 5.74) is 0.911. The van der Waals surface area contributed by atoms with Crippen LogP contribution in [0.5, 0.6) is 0 Å². The Kier molecular flexibility index (Phi) is 2.69. The fourth-order valence-corrected chi connectivity index (χ4v) is 5.30. The number of amides is 1. The van der Waals surface area contributed by atoms with E-state index < -0.39 is 0 Å². The van der Waals surface area contributed by atoms with Crippen molar-refractivity contribution in [1.82, 2.24) is 15.1 Å². The average Bonchev–Trinajstić information content (AvgIpc) is 2.80. The Labute approximate surface area is 119 Å². The van der Waals surface area contributed by atoms with E-state index in [1.807, 2.05) is 19.3 Å². The quantitative estimate of drug-likeness (QED) is 0.918. The molecule has 4 aliphatic carbocycles. The monoisotopic (exact) mass is 273 g/mol. The van der Waals surface area contributed by atoms with Gasteiger partial charge in [0.15, 0.2) is 0 Å². The van der Waals surface area contributed by atoms with Crippen LogP contribution in [-0.4, -0.2) is 15.7 Å². The number of hydrogen-bond acceptors (Lipinski definition) is 2. The highest BCUT2D eigenvalue weighted by atomic mass is 16.2. The van der Waals surface area contributed by atoms with Crippen molar-refractivity contribution in [2.24, 2.45) is 30.2 Å². The molecule has 0 spiro atoms. The van der Waals surface area contributed by atoms with E-state index in [9.17, 15) is 4.79 Å². The van der Waals surface area contributed by atoms with Gasteiger partial charge in [-0.25, -0.2) is 0 Å². The van der Waals surface area contributed by atoms with Gasteiger partial charge in [-0.2, -0.15) is 5.10 Å². The summed E-state index contributed by atoms with van der Waals surface area (Å²) in [6.07, 6.45) is 9.46. The van der Waals surface area contributed by atoms with Crippen LogP contribution in [0.2, 0.25) is 0 Å². The van der Waals surface area contributed by atoms with Crippen molar-refractivity contribution < 1.29 is 4.79 Å². The van der Waals surface area contributed by atoms with E-state index in [0.29, 0.717) is 12.5 Å². The molecule has 0 unspecified atom stereocenters. The fraction of sp³-hybridized carbons (Fsp3) is 0.750. The van der Waals surface area contributed by atoms with Crippen molar-refractivity contribution in [2.75, 3.05) is 0 Å². The lowest BCUT2D eigenvalue weighted by Crippen LogP contribution is -2.53. The zero-order chi connectivity index (χ0) is 13.7. The number of aryl methyl sites for hydroxylation is 1. The second-order valence-corrected chi connectivity index (χ2v) is 7.36. The molecular formula is C16H23N3O. The van der Waals surface area contributed by atoms with Gasteiger partial charge in [0.25, 0.3) is 0 Å². The predicted octanol–water partition coefficient (Wildman–Crippen LogP) is 2.25. The third-order valence-electron chi connectivity index (χ3n) is 5.72. The maximum atomic E-state index is 12.7. The Morgan fingerprint density at radius 1 is 1.30 bits per heavy atom. The van der Waals surface area contributed by atoms with Gasteiger partial charge in [0.1, 0.15) is 0 Å². The minimum atomic E-state index is -0.0382. The van der Waals surface area contributed by atoms with Crippen LogP contribution < -0.4 is 5.32 Å². The Morgan fingerprint density at radius 3 is 2.40 bits per heavy atom. The lowest BCUT2D eigenvalue weighted by Gasteiger charge is -2.55. The first kappa shape index (κ1) is 12.4. The Balaban J connectivity index is 1.45. The number of nitrogens with zero attached hydrogens (tertiary/aromatic N) is 2. The molecule has 1 heterocycles. The Hall–Kier alpha value is -1.32. The van der Waals surface area contributed by atoms with Crippen molar-refractivity contribution in [3.63, 3.8) is 0 Å². The number of nitrogens with one attached hydrogen (secondary N) is 1. The van der Waals surface area contributed by atoms with Crippen LogP contribution in [-0.2, 0) is 18.4 Å². The molecule has 4 nitrogen and oxygen atoms in total. The zero-order valence-electron chi connectivity index (χ0n) is 12.1. The molecule has 0 aromatic carbocycles. The molecular weight excluding hydrogens is 250 g/mol. The van der Waals surface area contributed by atoms with E-state index in [0.717, 1.165) is 42.7 Å². The maximum absolute atomic E-state index is 12.7. The average molecular weight is 273 g/mol. The third kappa shape index (κ3) is 1.97. The van der Waals surface area contributed by atoms with Gasteiger partial charge in [0, 0.05) is 18.7 Å². The topological polar surface area (TPSA) is 46.9 Å². The van der Waals surface area contributed by atoms with Crippen LogP contribution >= 0.6 is 0 Å². The SMILES string of the molecule is Cn1ccc(CNC(=O)C23CC4CC(CC(C4)C2)C3)n1. The molecule has 4 bridgehead atoms. The van der Waals surface area contributed by atoms with Crippen molar-refractivity contribution in [3.8, 4) is 0 Å². The zero-order valence-corrected chi connectivity index (χ0v) is 12.1. The van der Waals surface area contributed by atoms with E-state index in [2.05, 4.69) is 10.4 Å². The third-order valence-corrected chi connectivity index (χ3v) is 5.72. The molecule has 108 valence electrons. The molecule has 1 aromatic heterocycles. The summed E-state index contributed by atoms with van der Waals surface area (Å²) in [6, 6.07) is 1.97. The molecule has 0 saturated heterocycles. The first-order valence-electron chi connectivity index (χ1n) is 7.90. The minimum Gasteiger partial charge on any atom is -0.350 e. The van der Waals surface area contributed by atoms with E-state index in [1.165, 1.54) is 19.3 Å². The smallest absolute Gasteiger partial charge is 0.226 e. The molecule has 0 atom stereocenters. The summed E-state index contributed by atoms with van der Waals surface area (Å²) < 4.78 is 1.78. The molecule has 5 rings (SSSR count). The molecule has 20 heavy (non-hydrogen) atoms. The van der Waals surface area contributed by atoms with Gasteiger partial charge in [-0.05, 0) is 62.3 Å². The highest BCUT2D eigenvalue weighted by Crippen LogP contribution is 2.60. The summed E-state index contributed by atoms with van der Waals surface area (Å²) in [5.74, 6) is 2.76. The van der Waals surface area contributed by atoms with Gasteiger partial charge in [-0.15, -0.1) is 0 Å². The van der Waals surface area contributed by atoms with Crippen molar-refractivity contribution >= 4 is 5.91 Å². The van der Waals surface area contributed by atoms with Crippen LogP contribution in [0.4, 0.5) is 0 Å². The molecule has 4 fully saturated rings. The molecule has 0 aliphatic heterocycles. The normalized spacial score (nSPS) is 38.1. The van der Waals surface area contributed by atoms with Crippen LogP contribution in [0.3, 0.4) is 0 Å². The molecule has 4 aliphatic rings. The van der Waals surface area contributed by atoms with Gasteiger partial charge in [0.05, 0.1) is 12.2 Å². The van der Waals surface area contributed by atoms with E-state index in [1.54, 1.807) is 4.68 Å². The van der Waals surface area contributed by atoms with Crippen molar-refractivity contribution in [2.45, 2.75) is 45.1 Å². The second-order valence-electron chi connectivity index (χ2n) is 7.36. The standard InChI is InChI=1S/C16H23N3O/c1-19-3-2-14(18-19)10-17-15(20)16-7-11-4-12(8-16)6-13(5-11)9-16/h2-3,11-13H,4-10H2,1H3,(H,17,20). The number of carbonyl (C=O) groups excluding carboxylic acids is 1. The van der Waals surface area contributed by atoms with E-state index in [4.69, 9.17) is 0 Å². The molecule has 0 radical (unpaired) electrons. The molecule has 4 saturated carbocycles. The second kappa shape index (κ2) is 4.34. The lowest BCUT2D eigenvalue weighted by atomic mass is 9.49. The minimum absolute atomic E-state index is 0.0382. The summed E-state index contributed by atoms with van der Waals surface area (Å²) in [6.45, 7) is 0.571. The first-order chi connectivity index (χ1) is 9.63.